The molecule has 0 spiro atoms. The molecule has 1 aromatic heterocycles. The lowest BCUT2D eigenvalue weighted by Gasteiger charge is -2.17. The molecule has 0 saturated heterocycles. The van der Waals surface area contributed by atoms with Crippen molar-refractivity contribution in [3.8, 4) is 28.5 Å². The molecule has 1 amide bonds. The number of esters is 1. The number of rotatable bonds is 8. The molecule has 0 atom stereocenters. The number of benzene rings is 2. The number of ether oxygens (including phenoxy) is 3. The minimum atomic E-state index is -5.68. The van der Waals surface area contributed by atoms with E-state index >= 15 is 0 Å². The van der Waals surface area contributed by atoms with Crippen LogP contribution in [0.15, 0.2) is 24.4 Å². The minimum Gasteiger partial charge on any atom is -0.492 e. The fourth-order valence-electron chi connectivity index (χ4n) is 3.24. The van der Waals surface area contributed by atoms with Crippen LogP contribution in [0.3, 0.4) is 0 Å². The molecule has 16 heteroatoms. The average molecular weight is 567 g/mol. The fourth-order valence-corrected chi connectivity index (χ4v) is 3.51. The maximum absolute atomic E-state index is 15.0. The smallest absolute Gasteiger partial charge is 0.491 e. The van der Waals surface area contributed by atoms with Gasteiger partial charge in [-0.25, -0.2) is 9.18 Å². The van der Waals surface area contributed by atoms with E-state index in [1.54, 1.807) is 7.05 Å². The van der Waals surface area contributed by atoms with Crippen molar-refractivity contribution in [3.63, 3.8) is 0 Å². The second-order valence-electron chi connectivity index (χ2n) is 7.33. The highest BCUT2D eigenvalue weighted by molar-refractivity contribution is 6.33. The number of carbonyl (C=O) groups is 2. The summed E-state index contributed by atoms with van der Waals surface area (Å²) in [5.41, 5.74) is 4.34. The zero-order chi connectivity index (χ0) is 28.4. The molecule has 0 saturated carbocycles. The van der Waals surface area contributed by atoms with Crippen LogP contribution in [0.5, 0.6) is 17.2 Å². The van der Waals surface area contributed by atoms with Gasteiger partial charge in [-0.1, -0.05) is 11.6 Å². The molecule has 2 aromatic carbocycles. The molecule has 9 nitrogen and oxygen atoms in total. The summed E-state index contributed by atoms with van der Waals surface area (Å²) in [5, 5.41) is 6.29. The SMILES string of the molecule is COc1c(F)c(F)c(OC(=O)C(F)(F)F)c(C(=O)Nc2ccc(OCCN)c(-c3c(Cl)cnn3C)c2)c1F. The molecule has 0 aliphatic heterocycles. The molecule has 0 radical (unpaired) electrons. The van der Waals surface area contributed by atoms with Gasteiger partial charge in [-0.15, -0.1) is 0 Å². The molecule has 38 heavy (non-hydrogen) atoms. The van der Waals surface area contributed by atoms with Gasteiger partial charge in [-0.05, 0) is 18.2 Å². The Morgan fingerprint density at radius 3 is 2.34 bits per heavy atom. The van der Waals surface area contributed by atoms with Crippen LogP contribution in [0.1, 0.15) is 10.4 Å². The Bertz CT molecular complexity index is 1380. The zero-order valence-electron chi connectivity index (χ0n) is 19.4. The number of nitrogens with zero attached hydrogens (tertiary/aromatic N) is 2. The quantitative estimate of drug-likeness (QED) is 0.181. The summed E-state index contributed by atoms with van der Waals surface area (Å²) in [5.74, 6) is -14.1. The van der Waals surface area contributed by atoms with E-state index in [2.05, 4.69) is 19.9 Å². The summed E-state index contributed by atoms with van der Waals surface area (Å²) in [6.45, 7) is 0.232. The van der Waals surface area contributed by atoms with Crippen LogP contribution < -0.4 is 25.3 Å². The molecule has 3 aromatic rings. The number of amides is 1. The van der Waals surface area contributed by atoms with Crippen molar-refractivity contribution < 1.29 is 50.1 Å². The summed E-state index contributed by atoms with van der Waals surface area (Å²) in [4.78, 5) is 24.2. The number of aryl methyl sites for hydroxylation is 1. The number of alkyl halides is 3. The Morgan fingerprint density at radius 2 is 1.79 bits per heavy atom. The Balaban J connectivity index is 2.11. The highest BCUT2D eigenvalue weighted by atomic mass is 35.5. The topological polar surface area (TPSA) is 118 Å². The van der Waals surface area contributed by atoms with E-state index in [-0.39, 0.29) is 35.2 Å². The monoisotopic (exact) mass is 566 g/mol. The van der Waals surface area contributed by atoms with Crippen molar-refractivity contribution in [1.29, 1.82) is 0 Å². The molecule has 0 fully saturated rings. The van der Waals surface area contributed by atoms with E-state index in [9.17, 15) is 35.9 Å². The highest BCUT2D eigenvalue weighted by Gasteiger charge is 2.44. The third-order valence-electron chi connectivity index (χ3n) is 4.86. The zero-order valence-corrected chi connectivity index (χ0v) is 20.1. The van der Waals surface area contributed by atoms with Crippen molar-refractivity contribution in [2.75, 3.05) is 25.6 Å². The van der Waals surface area contributed by atoms with E-state index in [1.807, 2.05) is 0 Å². The molecular formula is C22H17ClF6N4O5. The van der Waals surface area contributed by atoms with Crippen molar-refractivity contribution in [1.82, 2.24) is 9.78 Å². The van der Waals surface area contributed by atoms with Crippen LogP contribution >= 0.6 is 11.6 Å². The van der Waals surface area contributed by atoms with Gasteiger partial charge in [0.25, 0.3) is 5.91 Å². The Kier molecular flexibility index (Phi) is 8.41. The van der Waals surface area contributed by atoms with Crippen molar-refractivity contribution in [3.05, 3.63) is 52.4 Å². The van der Waals surface area contributed by atoms with Crippen LogP contribution in [0, 0.1) is 17.5 Å². The van der Waals surface area contributed by atoms with Crippen LogP contribution in [0.4, 0.5) is 32.0 Å². The fraction of sp³-hybridized carbons (Fsp3) is 0.227. The normalized spacial score (nSPS) is 11.3. The standard InChI is InChI=1S/C22H17ClF6N4O5/c1-33-17(11(23)8-31-33)10-7-9(3-4-12(10)37-6-5-30)32-20(34)13-14(24)19(36-2)16(26)15(25)18(13)38-21(35)22(27,28)29/h3-4,7-8H,5-6,30H2,1-2H3,(H,32,34). The summed E-state index contributed by atoms with van der Waals surface area (Å²) in [6, 6.07) is 3.88. The van der Waals surface area contributed by atoms with Gasteiger partial charge in [0.05, 0.1) is 24.0 Å². The van der Waals surface area contributed by atoms with Crippen molar-refractivity contribution in [2.45, 2.75) is 6.18 Å². The number of carbonyl (C=O) groups excluding carboxylic acids is 2. The molecule has 3 N–H and O–H groups in total. The lowest BCUT2D eigenvalue weighted by Crippen LogP contribution is -2.30. The number of nitrogens with two attached hydrogens (primary N) is 1. The lowest BCUT2D eigenvalue weighted by molar-refractivity contribution is -0.189. The second-order valence-corrected chi connectivity index (χ2v) is 7.74. The van der Waals surface area contributed by atoms with Gasteiger partial charge in [0.15, 0.2) is 17.3 Å². The van der Waals surface area contributed by atoms with E-state index in [4.69, 9.17) is 22.1 Å². The third-order valence-corrected chi connectivity index (χ3v) is 5.13. The molecule has 0 unspecified atom stereocenters. The summed E-state index contributed by atoms with van der Waals surface area (Å²) in [7, 11) is 2.26. The van der Waals surface area contributed by atoms with E-state index in [1.165, 1.54) is 29.1 Å². The first-order valence-electron chi connectivity index (χ1n) is 10.3. The average Bonchev–Trinajstić information content (AvgIpc) is 3.18. The van der Waals surface area contributed by atoms with Gasteiger partial charge in [-0.3, -0.25) is 9.48 Å². The van der Waals surface area contributed by atoms with Crippen LogP contribution in [0.2, 0.25) is 5.02 Å². The molecule has 204 valence electrons. The van der Waals surface area contributed by atoms with Crippen LogP contribution in [-0.4, -0.2) is 48.1 Å². The molecule has 0 bridgehead atoms. The Labute approximate surface area is 215 Å². The minimum absolute atomic E-state index is 0.0853. The first kappa shape index (κ1) is 28.6. The maximum Gasteiger partial charge on any atom is 0.491 e. The summed E-state index contributed by atoms with van der Waals surface area (Å²) < 4.78 is 97.0. The Hall–Kier alpha value is -3.98. The number of hydrogen-bond donors (Lipinski definition) is 2. The molecule has 1 heterocycles. The molecule has 0 aliphatic carbocycles. The maximum atomic E-state index is 15.0. The van der Waals surface area contributed by atoms with Crippen LogP contribution in [0.25, 0.3) is 11.3 Å². The van der Waals surface area contributed by atoms with Gasteiger partial charge < -0.3 is 25.3 Å². The summed E-state index contributed by atoms with van der Waals surface area (Å²) in [6.07, 6.45) is -4.36. The van der Waals surface area contributed by atoms with Gasteiger partial charge in [0, 0.05) is 24.8 Å². The number of methoxy groups -OCH3 is 1. The number of anilines is 1. The lowest BCUT2D eigenvalue weighted by atomic mass is 10.1. The molecule has 0 aliphatic rings. The van der Waals surface area contributed by atoms with Crippen molar-refractivity contribution >= 4 is 29.2 Å². The third kappa shape index (κ3) is 5.62. The number of hydrogen-bond acceptors (Lipinski definition) is 7. The number of aromatic nitrogens is 2. The van der Waals surface area contributed by atoms with Crippen LogP contribution in [-0.2, 0) is 11.8 Å². The van der Waals surface area contributed by atoms with Gasteiger partial charge in [0.1, 0.15) is 17.9 Å². The number of nitrogens with one attached hydrogen (secondary N) is 1. The second kappa shape index (κ2) is 11.2. The first-order chi connectivity index (χ1) is 17.8. The molecule has 3 rings (SSSR count). The van der Waals surface area contributed by atoms with Crippen molar-refractivity contribution in [2.24, 2.45) is 12.8 Å². The summed E-state index contributed by atoms with van der Waals surface area (Å²) >= 11 is 6.20. The van der Waals surface area contributed by atoms with Gasteiger partial charge in [0.2, 0.25) is 11.6 Å². The van der Waals surface area contributed by atoms with E-state index < -0.39 is 52.6 Å². The highest BCUT2D eigenvalue weighted by Crippen LogP contribution is 2.39. The molecular weight excluding hydrogens is 550 g/mol. The largest absolute Gasteiger partial charge is 0.492 e. The number of halogens is 7. The van der Waals surface area contributed by atoms with E-state index in [0.717, 1.165) is 0 Å². The van der Waals surface area contributed by atoms with E-state index in [0.29, 0.717) is 12.8 Å². The predicted octanol–water partition coefficient (Wildman–Crippen LogP) is 4.22. The van der Waals surface area contributed by atoms with Gasteiger partial charge in [-0.2, -0.15) is 27.1 Å². The van der Waals surface area contributed by atoms with Gasteiger partial charge >= 0.3 is 12.1 Å². The Morgan fingerprint density at radius 1 is 1.13 bits per heavy atom. The first-order valence-corrected chi connectivity index (χ1v) is 10.7. The predicted molar refractivity (Wildman–Crippen MR) is 121 cm³/mol.